The van der Waals surface area contributed by atoms with Crippen molar-refractivity contribution >= 4 is 0 Å². The van der Waals surface area contributed by atoms with Gasteiger partial charge in [0.05, 0.1) is 11.4 Å². The summed E-state index contributed by atoms with van der Waals surface area (Å²) in [5, 5.41) is 14.4. The summed E-state index contributed by atoms with van der Waals surface area (Å²) in [4.78, 5) is 0. The molecule has 3 aromatic rings. The molecule has 0 radical (unpaired) electrons. The zero-order valence-corrected chi connectivity index (χ0v) is 10.6. The molecule has 0 amide bonds. The Bertz CT molecular complexity index is 685. The van der Waals surface area contributed by atoms with E-state index in [2.05, 4.69) is 5.10 Å². The summed E-state index contributed by atoms with van der Waals surface area (Å²) >= 11 is 0. The number of nitrogens with zero attached hydrogens (tertiary/aromatic N) is 2. The fraction of sp³-hybridized carbons (Fsp3) is 0.0625. The van der Waals surface area contributed by atoms with E-state index in [0.717, 1.165) is 16.9 Å². The van der Waals surface area contributed by atoms with E-state index in [1.807, 2.05) is 61.5 Å². The van der Waals surface area contributed by atoms with Crippen LogP contribution in [0.5, 0.6) is 5.88 Å². The van der Waals surface area contributed by atoms with Gasteiger partial charge < -0.3 is 5.11 Å². The van der Waals surface area contributed by atoms with Crippen molar-refractivity contribution in [2.75, 3.05) is 0 Å². The summed E-state index contributed by atoms with van der Waals surface area (Å²) in [6, 6.07) is 19.4. The van der Waals surface area contributed by atoms with Crippen molar-refractivity contribution in [3.63, 3.8) is 0 Å². The minimum Gasteiger partial charge on any atom is -0.493 e. The van der Waals surface area contributed by atoms with E-state index in [4.69, 9.17) is 0 Å². The lowest BCUT2D eigenvalue weighted by Crippen LogP contribution is -1.95. The van der Waals surface area contributed by atoms with E-state index in [0.29, 0.717) is 0 Å². The topological polar surface area (TPSA) is 38.0 Å². The highest BCUT2D eigenvalue weighted by Crippen LogP contribution is 2.25. The van der Waals surface area contributed by atoms with Crippen LogP contribution in [-0.4, -0.2) is 14.9 Å². The first kappa shape index (κ1) is 11.5. The van der Waals surface area contributed by atoms with Gasteiger partial charge >= 0.3 is 0 Å². The van der Waals surface area contributed by atoms with Gasteiger partial charge in [-0.05, 0) is 19.1 Å². The van der Waals surface area contributed by atoms with Crippen molar-refractivity contribution in [1.29, 1.82) is 0 Å². The van der Waals surface area contributed by atoms with Gasteiger partial charge in [-0.3, -0.25) is 0 Å². The van der Waals surface area contributed by atoms with Gasteiger partial charge in [-0.1, -0.05) is 48.0 Å². The maximum atomic E-state index is 10.0. The highest BCUT2D eigenvalue weighted by atomic mass is 16.3. The molecule has 0 unspecified atom stereocenters. The van der Waals surface area contributed by atoms with Crippen LogP contribution in [0.25, 0.3) is 16.9 Å². The van der Waals surface area contributed by atoms with Crippen molar-refractivity contribution in [2.45, 2.75) is 6.92 Å². The van der Waals surface area contributed by atoms with E-state index in [9.17, 15) is 5.11 Å². The summed E-state index contributed by atoms with van der Waals surface area (Å²) in [6.45, 7) is 2.05. The summed E-state index contributed by atoms with van der Waals surface area (Å²) < 4.78 is 1.54. The number of hydrogen-bond acceptors (Lipinski definition) is 2. The van der Waals surface area contributed by atoms with Crippen molar-refractivity contribution in [3.8, 4) is 22.8 Å². The zero-order chi connectivity index (χ0) is 13.2. The maximum absolute atomic E-state index is 10.0. The van der Waals surface area contributed by atoms with Crippen molar-refractivity contribution < 1.29 is 5.11 Å². The van der Waals surface area contributed by atoms with E-state index in [-0.39, 0.29) is 5.88 Å². The van der Waals surface area contributed by atoms with Crippen LogP contribution in [-0.2, 0) is 0 Å². The van der Waals surface area contributed by atoms with Crippen LogP contribution in [0, 0.1) is 6.92 Å². The first-order chi connectivity index (χ1) is 9.24. The molecule has 0 fully saturated rings. The molecule has 0 aliphatic rings. The second-order valence-corrected chi connectivity index (χ2v) is 4.50. The molecule has 0 aliphatic carbocycles. The molecule has 0 saturated heterocycles. The predicted molar refractivity (Wildman–Crippen MR) is 75.4 cm³/mol. The van der Waals surface area contributed by atoms with Gasteiger partial charge in [0.1, 0.15) is 0 Å². The Hall–Kier alpha value is -2.55. The molecule has 19 heavy (non-hydrogen) atoms. The van der Waals surface area contributed by atoms with Crippen LogP contribution >= 0.6 is 0 Å². The molecule has 0 aliphatic heterocycles. The van der Waals surface area contributed by atoms with E-state index >= 15 is 0 Å². The number of para-hydroxylation sites is 1. The summed E-state index contributed by atoms with van der Waals surface area (Å²) in [7, 11) is 0. The van der Waals surface area contributed by atoms with Gasteiger partial charge in [0.25, 0.3) is 0 Å². The van der Waals surface area contributed by atoms with Gasteiger partial charge in [0.2, 0.25) is 5.88 Å². The molecule has 2 aromatic carbocycles. The second kappa shape index (κ2) is 4.61. The lowest BCUT2D eigenvalue weighted by atomic mass is 10.1. The normalized spacial score (nSPS) is 10.6. The molecule has 0 bridgehead atoms. The second-order valence-electron chi connectivity index (χ2n) is 4.50. The largest absolute Gasteiger partial charge is 0.493 e. The van der Waals surface area contributed by atoms with Crippen LogP contribution in [0.2, 0.25) is 0 Å². The third-order valence-corrected chi connectivity index (χ3v) is 3.04. The van der Waals surface area contributed by atoms with E-state index < -0.39 is 0 Å². The fourth-order valence-corrected chi connectivity index (χ4v) is 2.00. The number of hydrogen-bond donors (Lipinski definition) is 1. The molecule has 3 rings (SSSR count). The SMILES string of the molecule is Cc1ccc(-c2cc(O)n(-c3ccccc3)n2)cc1. The van der Waals surface area contributed by atoms with Gasteiger partial charge in [-0.2, -0.15) is 5.10 Å². The summed E-state index contributed by atoms with van der Waals surface area (Å²) in [5.41, 5.74) is 3.81. The summed E-state index contributed by atoms with van der Waals surface area (Å²) in [5.74, 6) is 0.141. The molecule has 3 nitrogen and oxygen atoms in total. The fourth-order valence-electron chi connectivity index (χ4n) is 2.00. The number of benzene rings is 2. The van der Waals surface area contributed by atoms with Crippen molar-refractivity contribution in [1.82, 2.24) is 9.78 Å². The van der Waals surface area contributed by atoms with Gasteiger partial charge in [0, 0.05) is 11.6 Å². The van der Waals surface area contributed by atoms with E-state index in [1.54, 1.807) is 6.07 Å². The Morgan fingerprint density at radius 3 is 2.32 bits per heavy atom. The molecular weight excluding hydrogens is 236 g/mol. The minimum absolute atomic E-state index is 0.141. The summed E-state index contributed by atoms with van der Waals surface area (Å²) in [6.07, 6.45) is 0. The van der Waals surface area contributed by atoms with Gasteiger partial charge in [-0.15, -0.1) is 0 Å². The predicted octanol–water partition coefficient (Wildman–Crippen LogP) is 3.55. The van der Waals surface area contributed by atoms with E-state index in [1.165, 1.54) is 10.2 Å². The molecule has 0 saturated carbocycles. The van der Waals surface area contributed by atoms with Crippen molar-refractivity contribution in [3.05, 3.63) is 66.2 Å². The van der Waals surface area contributed by atoms with Crippen LogP contribution < -0.4 is 0 Å². The molecule has 1 N–H and O–H groups in total. The molecular formula is C16H14N2O. The Morgan fingerprint density at radius 2 is 1.63 bits per heavy atom. The Labute approximate surface area is 111 Å². The molecule has 1 heterocycles. The highest BCUT2D eigenvalue weighted by Gasteiger charge is 2.09. The number of aryl methyl sites for hydroxylation is 1. The Balaban J connectivity index is 2.04. The smallest absolute Gasteiger partial charge is 0.214 e. The van der Waals surface area contributed by atoms with Crippen LogP contribution in [0.4, 0.5) is 0 Å². The monoisotopic (exact) mass is 250 g/mol. The lowest BCUT2D eigenvalue weighted by Gasteiger charge is -2.01. The van der Waals surface area contributed by atoms with Crippen LogP contribution in [0.15, 0.2) is 60.7 Å². The first-order valence-electron chi connectivity index (χ1n) is 6.15. The molecule has 94 valence electrons. The Kier molecular flexibility index (Phi) is 2.80. The van der Waals surface area contributed by atoms with Crippen molar-refractivity contribution in [2.24, 2.45) is 0 Å². The quantitative estimate of drug-likeness (QED) is 0.755. The van der Waals surface area contributed by atoms with Gasteiger partial charge in [0.15, 0.2) is 0 Å². The van der Waals surface area contributed by atoms with Gasteiger partial charge in [-0.25, -0.2) is 4.68 Å². The van der Waals surface area contributed by atoms with Crippen LogP contribution in [0.1, 0.15) is 5.56 Å². The molecule has 1 aromatic heterocycles. The minimum atomic E-state index is 0.141. The average molecular weight is 250 g/mol. The highest BCUT2D eigenvalue weighted by molar-refractivity contribution is 5.61. The lowest BCUT2D eigenvalue weighted by molar-refractivity contribution is 0.433. The number of aromatic nitrogens is 2. The van der Waals surface area contributed by atoms with Crippen LogP contribution in [0.3, 0.4) is 0 Å². The third kappa shape index (κ3) is 2.22. The number of rotatable bonds is 2. The average Bonchev–Trinajstić information content (AvgIpc) is 2.83. The zero-order valence-electron chi connectivity index (χ0n) is 10.6. The maximum Gasteiger partial charge on any atom is 0.214 e. The molecule has 0 spiro atoms. The first-order valence-corrected chi connectivity index (χ1v) is 6.15. The number of aromatic hydroxyl groups is 1. The third-order valence-electron chi connectivity index (χ3n) is 3.04. The molecule has 0 atom stereocenters. The Morgan fingerprint density at radius 1 is 0.947 bits per heavy atom. The standard InChI is InChI=1S/C16H14N2O/c1-12-7-9-13(10-8-12)15-11-16(19)18(17-15)14-5-3-2-4-6-14/h2-11,19H,1H3. The molecule has 3 heteroatoms.